The maximum atomic E-state index is 11.0. The van der Waals surface area contributed by atoms with Gasteiger partial charge in [-0.2, -0.15) is 0 Å². The molecule has 0 saturated heterocycles. The Hall–Kier alpha value is -1.57. The number of carbonyl (C=O) groups is 1. The third kappa shape index (κ3) is 2.96. The normalized spacial score (nSPS) is 10.9. The molecule has 0 aliphatic rings. The fourth-order valence-electron chi connectivity index (χ4n) is 1.39. The first kappa shape index (κ1) is 12.5. The Balaban J connectivity index is 3.06. The van der Waals surface area contributed by atoms with E-state index in [0.717, 1.165) is 11.8 Å². The summed E-state index contributed by atoms with van der Waals surface area (Å²) in [5.74, 6) is 0.614. The van der Waals surface area contributed by atoms with Gasteiger partial charge < -0.3 is 4.74 Å². The summed E-state index contributed by atoms with van der Waals surface area (Å²) in [6.07, 6.45) is 2.49. The van der Waals surface area contributed by atoms with Crippen molar-refractivity contribution in [2.45, 2.75) is 26.2 Å². The van der Waals surface area contributed by atoms with Crippen LogP contribution in [0.5, 0.6) is 5.75 Å². The van der Waals surface area contributed by atoms with E-state index in [1.807, 2.05) is 18.2 Å². The van der Waals surface area contributed by atoms with Gasteiger partial charge in [-0.05, 0) is 23.1 Å². The largest absolute Gasteiger partial charge is 0.489 e. The predicted octanol–water partition coefficient (Wildman–Crippen LogP) is 3.36. The summed E-state index contributed by atoms with van der Waals surface area (Å²) >= 11 is 0. The summed E-state index contributed by atoms with van der Waals surface area (Å²) in [5.41, 5.74) is 1.75. The zero-order valence-corrected chi connectivity index (χ0v) is 10.1. The van der Waals surface area contributed by atoms with Crippen molar-refractivity contribution < 1.29 is 9.53 Å². The molecule has 0 spiro atoms. The molecule has 2 nitrogen and oxygen atoms in total. The highest BCUT2D eigenvalue weighted by molar-refractivity contribution is 5.79. The van der Waals surface area contributed by atoms with Gasteiger partial charge in [-0.3, -0.25) is 4.79 Å². The molecule has 0 saturated carbocycles. The second-order valence-corrected chi connectivity index (χ2v) is 4.72. The van der Waals surface area contributed by atoms with Crippen molar-refractivity contribution in [3.8, 4) is 5.75 Å². The maximum absolute atomic E-state index is 11.0. The molecule has 0 unspecified atom stereocenters. The lowest BCUT2D eigenvalue weighted by Crippen LogP contribution is -2.11. The fourth-order valence-corrected chi connectivity index (χ4v) is 1.39. The highest BCUT2D eigenvalue weighted by Crippen LogP contribution is 2.27. The molecule has 0 aliphatic carbocycles. The monoisotopic (exact) mass is 218 g/mol. The number of ether oxygens (including phenoxy) is 1. The van der Waals surface area contributed by atoms with E-state index in [0.29, 0.717) is 17.9 Å². The molecule has 0 radical (unpaired) electrons. The Morgan fingerprint density at radius 2 is 2.06 bits per heavy atom. The van der Waals surface area contributed by atoms with Crippen LogP contribution in [0.3, 0.4) is 0 Å². The van der Waals surface area contributed by atoms with E-state index in [1.165, 1.54) is 0 Å². The molecule has 2 heteroatoms. The van der Waals surface area contributed by atoms with Gasteiger partial charge >= 0.3 is 0 Å². The van der Waals surface area contributed by atoms with Gasteiger partial charge in [0.15, 0.2) is 6.29 Å². The van der Waals surface area contributed by atoms with Gasteiger partial charge in [0.2, 0.25) is 0 Å². The topological polar surface area (TPSA) is 26.3 Å². The Bertz CT molecular complexity index is 386. The molecule has 0 heterocycles. The summed E-state index contributed by atoms with van der Waals surface area (Å²) in [7, 11) is 0. The van der Waals surface area contributed by atoms with Crippen molar-refractivity contribution in [3.05, 3.63) is 42.0 Å². The Morgan fingerprint density at radius 1 is 1.38 bits per heavy atom. The number of carbonyl (C=O) groups excluding carboxylic acids is 1. The van der Waals surface area contributed by atoms with Crippen molar-refractivity contribution in [3.63, 3.8) is 0 Å². The van der Waals surface area contributed by atoms with Crippen LogP contribution in [0.1, 0.15) is 36.7 Å². The van der Waals surface area contributed by atoms with Crippen LogP contribution in [0.25, 0.3) is 0 Å². The molecule has 0 aliphatic heterocycles. The first-order chi connectivity index (χ1) is 7.49. The molecule has 0 amide bonds. The summed E-state index contributed by atoms with van der Waals surface area (Å²) < 4.78 is 5.40. The lowest BCUT2D eigenvalue weighted by atomic mass is 9.86. The molecule has 16 heavy (non-hydrogen) atoms. The maximum Gasteiger partial charge on any atom is 0.153 e. The van der Waals surface area contributed by atoms with Crippen molar-refractivity contribution in [2.24, 2.45) is 0 Å². The van der Waals surface area contributed by atoms with Crippen LogP contribution in [0.4, 0.5) is 0 Å². The smallest absolute Gasteiger partial charge is 0.153 e. The second-order valence-electron chi connectivity index (χ2n) is 4.72. The van der Waals surface area contributed by atoms with Crippen molar-refractivity contribution >= 4 is 6.29 Å². The van der Waals surface area contributed by atoms with Gasteiger partial charge in [0.25, 0.3) is 0 Å². The Labute approximate surface area is 96.9 Å². The van der Waals surface area contributed by atoms with Crippen molar-refractivity contribution in [1.29, 1.82) is 0 Å². The number of hydrogen-bond donors (Lipinski definition) is 0. The highest BCUT2D eigenvalue weighted by Gasteiger charge is 2.15. The van der Waals surface area contributed by atoms with E-state index in [-0.39, 0.29) is 5.41 Å². The van der Waals surface area contributed by atoms with E-state index in [2.05, 4.69) is 27.4 Å². The first-order valence-corrected chi connectivity index (χ1v) is 5.32. The second kappa shape index (κ2) is 4.97. The molecular formula is C14H18O2. The molecule has 0 fully saturated rings. The zero-order valence-electron chi connectivity index (χ0n) is 10.1. The van der Waals surface area contributed by atoms with E-state index in [9.17, 15) is 4.79 Å². The average molecular weight is 218 g/mol. The first-order valence-electron chi connectivity index (χ1n) is 5.32. The van der Waals surface area contributed by atoms with Crippen LogP contribution >= 0.6 is 0 Å². The Kier molecular flexibility index (Phi) is 3.88. The quantitative estimate of drug-likeness (QED) is 0.572. The van der Waals surface area contributed by atoms with E-state index < -0.39 is 0 Å². The minimum Gasteiger partial charge on any atom is -0.489 e. The van der Waals surface area contributed by atoms with Crippen LogP contribution in [-0.4, -0.2) is 12.9 Å². The lowest BCUT2D eigenvalue weighted by molar-refractivity contribution is 0.112. The molecule has 0 aromatic heterocycles. The summed E-state index contributed by atoms with van der Waals surface area (Å²) in [5, 5.41) is 0. The van der Waals surface area contributed by atoms with Gasteiger partial charge in [0.05, 0.1) is 5.56 Å². The highest BCUT2D eigenvalue weighted by atomic mass is 16.5. The average Bonchev–Trinajstić information content (AvgIpc) is 2.24. The van der Waals surface area contributed by atoms with Gasteiger partial charge in [0.1, 0.15) is 12.4 Å². The molecule has 86 valence electrons. The number of hydrogen-bond acceptors (Lipinski definition) is 2. The predicted molar refractivity (Wildman–Crippen MR) is 66.2 cm³/mol. The lowest BCUT2D eigenvalue weighted by Gasteiger charge is -2.20. The Morgan fingerprint density at radius 3 is 2.56 bits per heavy atom. The number of benzene rings is 1. The van der Waals surface area contributed by atoms with E-state index in [4.69, 9.17) is 4.74 Å². The SMILES string of the molecule is C=CCOc1ccc(C(C)(C)C)cc1C=O. The molecule has 1 rings (SSSR count). The summed E-state index contributed by atoms with van der Waals surface area (Å²) in [6, 6.07) is 5.71. The van der Waals surface area contributed by atoms with Crippen LogP contribution in [0.15, 0.2) is 30.9 Å². The minimum absolute atomic E-state index is 0.0364. The molecular weight excluding hydrogens is 200 g/mol. The van der Waals surface area contributed by atoms with Crippen LogP contribution in [0.2, 0.25) is 0 Å². The van der Waals surface area contributed by atoms with Crippen LogP contribution < -0.4 is 4.74 Å². The molecule has 1 aromatic carbocycles. The minimum atomic E-state index is 0.0364. The van der Waals surface area contributed by atoms with Gasteiger partial charge in [-0.15, -0.1) is 0 Å². The third-order valence-electron chi connectivity index (χ3n) is 2.36. The third-order valence-corrected chi connectivity index (χ3v) is 2.36. The molecule has 1 aromatic rings. The van der Waals surface area contributed by atoms with Crippen molar-refractivity contribution in [2.75, 3.05) is 6.61 Å². The van der Waals surface area contributed by atoms with Gasteiger partial charge in [-0.25, -0.2) is 0 Å². The van der Waals surface area contributed by atoms with Gasteiger partial charge in [0, 0.05) is 0 Å². The zero-order chi connectivity index (χ0) is 12.2. The van der Waals surface area contributed by atoms with Crippen LogP contribution in [-0.2, 0) is 5.41 Å². The number of rotatable bonds is 4. The number of aldehydes is 1. The van der Waals surface area contributed by atoms with Crippen LogP contribution in [0, 0.1) is 0 Å². The van der Waals surface area contributed by atoms with Gasteiger partial charge in [-0.1, -0.05) is 39.5 Å². The molecule has 0 N–H and O–H groups in total. The summed E-state index contributed by atoms with van der Waals surface area (Å²) in [4.78, 5) is 11.0. The summed E-state index contributed by atoms with van der Waals surface area (Å²) in [6.45, 7) is 10.3. The standard InChI is InChI=1S/C14H18O2/c1-5-8-16-13-7-6-12(14(2,3)4)9-11(13)10-15/h5-7,9-10H,1,8H2,2-4H3. The van der Waals surface area contributed by atoms with E-state index in [1.54, 1.807) is 6.08 Å². The molecule has 0 bridgehead atoms. The molecule has 0 atom stereocenters. The van der Waals surface area contributed by atoms with E-state index >= 15 is 0 Å². The fraction of sp³-hybridized carbons (Fsp3) is 0.357. The van der Waals surface area contributed by atoms with Crippen molar-refractivity contribution in [1.82, 2.24) is 0 Å².